The molecule has 3 aromatic rings. The van der Waals surface area contributed by atoms with E-state index in [-0.39, 0.29) is 11.8 Å². The normalized spacial score (nSPS) is 16.1. The van der Waals surface area contributed by atoms with Crippen molar-refractivity contribution in [1.29, 1.82) is 0 Å². The lowest BCUT2D eigenvalue weighted by molar-refractivity contribution is -0.124. The summed E-state index contributed by atoms with van der Waals surface area (Å²) in [6.45, 7) is 0.606. The van der Waals surface area contributed by atoms with Gasteiger partial charge in [0.15, 0.2) is 5.13 Å². The molecule has 8 heteroatoms. The first-order chi connectivity index (χ1) is 13.6. The second-order valence-electron chi connectivity index (χ2n) is 6.38. The second-order valence-corrected chi connectivity index (χ2v) is 7.41. The second kappa shape index (κ2) is 7.95. The molecule has 0 aliphatic carbocycles. The van der Waals surface area contributed by atoms with Crippen LogP contribution in [-0.4, -0.2) is 36.6 Å². The number of hydrogen-bond donors (Lipinski definition) is 2. The molecule has 0 bridgehead atoms. The first-order valence-electron chi connectivity index (χ1n) is 8.91. The highest BCUT2D eigenvalue weighted by Gasteiger charge is 2.23. The van der Waals surface area contributed by atoms with Crippen molar-refractivity contribution in [3.8, 4) is 5.75 Å². The maximum Gasteiger partial charge on any atom is 0.257 e. The number of nitrogens with zero attached hydrogens (tertiary/aromatic N) is 1. The Morgan fingerprint density at radius 3 is 2.89 bits per heavy atom. The van der Waals surface area contributed by atoms with Gasteiger partial charge in [-0.2, -0.15) is 0 Å². The number of carbonyl (C=O) groups is 2. The summed E-state index contributed by atoms with van der Waals surface area (Å²) in [5.74, 6) is 0.262. The maximum absolute atomic E-state index is 12.6. The zero-order chi connectivity index (χ0) is 19.5. The van der Waals surface area contributed by atoms with Gasteiger partial charge in [0, 0.05) is 17.9 Å². The van der Waals surface area contributed by atoms with E-state index in [1.165, 1.54) is 11.3 Å². The SMILES string of the molecule is COc1ccc2nc(NC(=O)c3cccc(NC(=O)C4CCCO4)c3)sc2c1. The third-order valence-electron chi connectivity index (χ3n) is 4.43. The number of rotatable bonds is 5. The Morgan fingerprint density at radius 2 is 2.11 bits per heavy atom. The lowest BCUT2D eigenvalue weighted by atomic mass is 10.1. The summed E-state index contributed by atoms with van der Waals surface area (Å²) in [5.41, 5.74) is 1.78. The van der Waals surface area contributed by atoms with Crippen molar-refractivity contribution < 1.29 is 19.1 Å². The smallest absolute Gasteiger partial charge is 0.257 e. The van der Waals surface area contributed by atoms with Gasteiger partial charge in [0.1, 0.15) is 11.9 Å². The van der Waals surface area contributed by atoms with Crippen LogP contribution in [0.3, 0.4) is 0 Å². The van der Waals surface area contributed by atoms with Gasteiger partial charge >= 0.3 is 0 Å². The van der Waals surface area contributed by atoms with Crippen LogP contribution in [0.5, 0.6) is 5.75 Å². The van der Waals surface area contributed by atoms with E-state index < -0.39 is 6.10 Å². The highest BCUT2D eigenvalue weighted by molar-refractivity contribution is 7.22. The van der Waals surface area contributed by atoms with Gasteiger partial charge in [-0.1, -0.05) is 17.4 Å². The first kappa shape index (κ1) is 18.4. The van der Waals surface area contributed by atoms with Gasteiger partial charge in [0.25, 0.3) is 11.8 Å². The van der Waals surface area contributed by atoms with Crippen LogP contribution in [-0.2, 0) is 9.53 Å². The molecule has 1 unspecified atom stereocenters. The fourth-order valence-electron chi connectivity index (χ4n) is 3.00. The summed E-state index contributed by atoms with van der Waals surface area (Å²) in [6, 6.07) is 12.3. The van der Waals surface area contributed by atoms with Crippen LogP contribution in [0.4, 0.5) is 10.8 Å². The van der Waals surface area contributed by atoms with Gasteiger partial charge in [0.2, 0.25) is 0 Å². The molecule has 4 rings (SSSR count). The summed E-state index contributed by atoms with van der Waals surface area (Å²) >= 11 is 1.37. The van der Waals surface area contributed by atoms with E-state index in [1.54, 1.807) is 31.4 Å². The average Bonchev–Trinajstić information content (AvgIpc) is 3.37. The molecule has 1 atom stereocenters. The molecule has 2 amide bonds. The quantitative estimate of drug-likeness (QED) is 0.686. The fourth-order valence-corrected chi connectivity index (χ4v) is 3.89. The number of ether oxygens (including phenoxy) is 2. The molecule has 7 nitrogen and oxygen atoms in total. The molecule has 144 valence electrons. The largest absolute Gasteiger partial charge is 0.497 e. The average molecular weight is 397 g/mol. The van der Waals surface area contributed by atoms with Crippen LogP contribution < -0.4 is 15.4 Å². The van der Waals surface area contributed by atoms with Crippen LogP contribution in [0.1, 0.15) is 23.2 Å². The molecule has 1 aliphatic heterocycles. The summed E-state index contributed by atoms with van der Waals surface area (Å²) < 4.78 is 11.5. The monoisotopic (exact) mass is 397 g/mol. The number of fused-ring (bicyclic) bond motifs is 1. The standard InChI is InChI=1S/C20H19N3O4S/c1-26-14-7-8-15-17(11-14)28-20(22-15)23-18(24)12-4-2-5-13(10-12)21-19(25)16-6-3-9-27-16/h2,4-5,7-8,10-11,16H,3,6,9H2,1H3,(H,21,25)(H,22,23,24). The van der Waals surface area contributed by atoms with Crippen LogP contribution >= 0.6 is 11.3 Å². The predicted octanol–water partition coefficient (Wildman–Crippen LogP) is 3.67. The van der Waals surface area contributed by atoms with Gasteiger partial charge in [0.05, 0.1) is 17.3 Å². The number of nitrogens with one attached hydrogen (secondary N) is 2. The van der Waals surface area contributed by atoms with Crippen molar-refractivity contribution in [3.05, 3.63) is 48.0 Å². The Bertz CT molecular complexity index is 1030. The number of carbonyl (C=O) groups excluding carboxylic acids is 2. The van der Waals surface area contributed by atoms with Gasteiger partial charge in [-0.25, -0.2) is 4.98 Å². The lowest BCUT2D eigenvalue weighted by Crippen LogP contribution is -2.27. The molecule has 28 heavy (non-hydrogen) atoms. The van der Waals surface area contributed by atoms with Crippen LogP contribution in [0.2, 0.25) is 0 Å². The molecule has 2 N–H and O–H groups in total. The minimum Gasteiger partial charge on any atom is -0.497 e. The Balaban J connectivity index is 1.46. The third kappa shape index (κ3) is 3.97. The van der Waals surface area contributed by atoms with Crippen molar-refractivity contribution in [1.82, 2.24) is 4.98 Å². The molecule has 1 fully saturated rings. The molecule has 2 heterocycles. The Kier molecular flexibility index (Phi) is 5.23. The number of hydrogen-bond acceptors (Lipinski definition) is 6. The van der Waals surface area contributed by atoms with Gasteiger partial charge in [-0.15, -0.1) is 0 Å². The number of methoxy groups -OCH3 is 1. The van der Waals surface area contributed by atoms with Crippen molar-refractivity contribution in [3.63, 3.8) is 0 Å². The summed E-state index contributed by atoms with van der Waals surface area (Å²) in [4.78, 5) is 29.2. The zero-order valence-corrected chi connectivity index (χ0v) is 16.0. The maximum atomic E-state index is 12.6. The zero-order valence-electron chi connectivity index (χ0n) is 15.2. The molecule has 1 aromatic heterocycles. The van der Waals surface area contributed by atoms with E-state index in [9.17, 15) is 9.59 Å². The summed E-state index contributed by atoms with van der Waals surface area (Å²) in [5, 5.41) is 6.12. The van der Waals surface area contributed by atoms with Crippen molar-refractivity contribution in [2.24, 2.45) is 0 Å². The highest BCUT2D eigenvalue weighted by Crippen LogP contribution is 2.29. The molecule has 2 aromatic carbocycles. The highest BCUT2D eigenvalue weighted by atomic mass is 32.1. The number of thiazole rings is 1. The Hall–Kier alpha value is -2.97. The number of benzene rings is 2. The van der Waals surface area contributed by atoms with Crippen LogP contribution in [0.25, 0.3) is 10.2 Å². The minimum absolute atomic E-state index is 0.185. The van der Waals surface area contributed by atoms with Crippen molar-refractivity contribution >= 4 is 44.2 Å². The van der Waals surface area contributed by atoms with E-state index in [1.807, 2.05) is 18.2 Å². The first-order valence-corrected chi connectivity index (χ1v) is 9.72. The predicted molar refractivity (Wildman–Crippen MR) is 108 cm³/mol. The topological polar surface area (TPSA) is 89.5 Å². The lowest BCUT2D eigenvalue weighted by Gasteiger charge is -2.11. The van der Waals surface area contributed by atoms with E-state index in [2.05, 4.69) is 15.6 Å². The van der Waals surface area contributed by atoms with Gasteiger partial charge in [-0.3, -0.25) is 14.9 Å². The van der Waals surface area contributed by atoms with Crippen LogP contribution in [0.15, 0.2) is 42.5 Å². The molecule has 1 saturated heterocycles. The number of amides is 2. The molecular formula is C20H19N3O4S. The van der Waals surface area contributed by atoms with Gasteiger partial charge < -0.3 is 14.8 Å². The van der Waals surface area contributed by atoms with E-state index in [0.717, 1.165) is 22.4 Å². The molecular weight excluding hydrogens is 378 g/mol. The Morgan fingerprint density at radius 1 is 1.21 bits per heavy atom. The molecule has 0 spiro atoms. The minimum atomic E-state index is -0.419. The molecule has 0 saturated carbocycles. The fraction of sp³-hybridized carbons (Fsp3) is 0.250. The summed E-state index contributed by atoms with van der Waals surface area (Å²) in [7, 11) is 1.61. The van der Waals surface area contributed by atoms with Crippen molar-refractivity contribution in [2.75, 3.05) is 24.4 Å². The number of anilines is 2. The number of aromatic nitrogens is 1. The van der Waals surface area contributed by atoms with Crippen molar-refractivity contribution in [2.45, 2.75) is 18.9 Å². The molecule has 1 aliphatic rings. The van der Waals surface area contributed by atoms with E-state index in [0.29, 0.717) is 29.4 Å². The third-order valence-corrected chi connectivity index (χ3v) is 5.36. The van der Waals surface area contributed by atoms with Crippen LogP contribution in [0, 0.1) is 0 Å². The van der Waals surface area contributed by atoms with E-state index >= 15 is 0 Å². The summed E-state index contributed by atoms with van der Waals surface area (Å²) in [6.07, 6.45) is 1.18. The Labute approximate surface area is 165 Å². The van der Waals surface area contributed by atoms with Gasteiger partial charge in [-0.05, 0) is 49.2 Å². The van der Waals surface area contributed by atoms with E-state index in [4.69, 9.17) is 9.47 Å². The molecule has 0 radical (unpaired) electrons.